The highest BCUT2D eigenvalue weighted by atomic mass is 19.4. The maximum absolute atomic E-state index is 13.0. The SMILES string of the molecule is O=C(O)C(F)(F)C(F)(F)C(F)(F)/C(F)=C\C(F)(F)C(F)(F)C(F)(F)C(F)(F)F. The van der Waals surface area contributed by atoms with Gasteiger partial charge in [0.25, 0.3) is 0 Å². The molecule has 0 aliphatic heterocycles. The highest BCUT2D eigenvalue weighted by Gasteiger charge is 2.82. The van der Waals surface area contributed by atoms with Gasteiger partial charge in [-0.1, -0.05) is 0 Å². The average molecular weight is 458 g/mol. The minimum atomic E-state index is -7.77. The molecule has 0 saturated heterocycles. The second-order valence-electron chi connectivity index (χ2n) is 4.79. The molecule has 0 radical (unpaired) electrons. The van der Waals surface area contributed by atoms with Crippen molar-refractivity contribution in [2.24, 2.45) is 0 Å². The topological polar surface area (TPSA) is 37.3 Å². The minimum Gasteiger partial charge on any atom is -0.477 e. The Hall–Kier alpha value is -1.91. The summed E-state index contributed by atoms with van der Waals surface area (Å²) in [4.78, 5) is 9.83. The van der Waals surface area contributed by atoms with Gasteiger partial charge in [-0.05, 0) is 0 Å². The fourth-order valence-electron chi connectivity index (χ4n) is 1.21. The first-order chi connectivity index (χ1) is 11.8. The third-order valence-corrected chi connectivity index (χ3v) is 2.83. The zero-order valence-corrected chi connectivity index (χ0v) is 12.0. The van der Waals surface area contributed by atoms with Crippen molar-refractivity contribution < 1.29 is 80.1 Å². The van der Waals surface area contributed by atoms with Gasteiger partial charge in [0, 0.05) is 6.08 Å². The molecule has 0 saturated carbocycles. The summed E-state index contributed by atoms with van der Waals surface area (Å²) < 4.78 is 201. The molecule has 0 aliphatic carbocycles. The molecule has 0 aromatic rings. The van der Waals surface area contributed by atoms with Crippen molar-refractivity contribution in [3.8, 4) is 0 Å². The van der Waals surface area contributed by atoms with E-state index >= 15 is 0 Å². The highest BCUT2D eigenvalue weighted by molar-refractivity contribution is 5.77. The molecule has 28 heavy (non-hydrogen) atoms. The highest BCUT2D eigenvalue weighted by Crippen LogP contribution is 2.55. The van der Waals surface area contributed by atoms with Crippen LogP contribution in [0.3, 0.4) is 0 Å². The standard InChI is InChI=1S/C10H2F16O2/c11-2(5(14,15)8(20,21)6(16,17)3(27)28)1-4(12,13)7(18,19)9(22,23)10(24,25)26/h1H,(H,27,28)/b2-1+. The number of carboxylic acid groups (broad SMARTS) is 1. The van der Waals surface area contributed by atoms with Crippen LogP contribution in [0.25, 0.3) is 0 Å². The van der Waals surface area contributed by atoms with E-state index in [-0.39, 0.29) is 0 Å². The van der Waals surface area contributed by atoms with E-state index in [0.29, 0.717) is 0 Å². The number of alkyl halides is 15. The molecule has 0 aliphatic rings. The molecule has 0 unspecified atom stereocenters. The van der Waals surface area contributed by atoms with Crippen molar-refractivity contribution in [1.29, 1.82) is 0 Å². The molecular formula is C10H2F16O2. The van der Waals surface area contributed by atoms with Crippen LogP contribution in [0, 0.1) is 0 Å². The van der Waals surface area contributed by atoms with Gasteiger partial charge in [0.15, 0.2) is 5.83 Å². The molecule has 0 atom stereocenters. The summed E-state index contributed by atoms with van der Waals surface area (Å²) in [5.74, 6) is -53.3. The molecule has 0 rings (SSSR count). The Labute approximate surface area is 141 Å². The Bertz CT molecular complexity index is 642. The van der Waals surface area contributed by atoms with Crippen LogP contribution in [-0.4, -0.2) is 52.8 Å². The molecule has 0 fully saturated rings. The maximum Gasteiger partial charge on any atom is 0.460 e. The van der Waals surface area contributed by atoms with Gasteiger partial charge in [-0.25, -0.2) is 9.18 Å². The lowest BCUT2D eigenvalue weighted by Gasteiger charge is -2.33. The number of allylic oxidation sites excluding steroid dienone is 2. The first-order valence-electron chi connectivity index (χ1n) is 5.78. The first-order valence-corrected chi connectivity index (χ1v) is 5.78. The minimum absolute atomic E-state index is 2.88. The lowest BCUT2D eigenvalue weighted by atomic mass is 9.99. The second-order valence-corrected chi connectivity index (χ2v) is 4.79. The zero-order chi connectivity index (χ0) is 23.4. The quantitative estimate of drug-likeness (QED) is 0.527. The van der Waals surface area contributed by atoms with Gasteiger partial charge in [0.2, 0.25) is 0 Å². The summed E-state index contributed by atoms with van der Waals surface area (Å²) in [5.41, 5.74) is 0. The molecule has 18 heteroatoms. The molecule has 2 nitrogen and oxygen atoms in total. The number of carboxylic acids is 1. The molecular weight excluding hydrogens is 456 g/mol. The molecule has 0 aromatic heterocycles. The fraction of sp³-hybridized carbons (Fsp3) is 0.700. The van der Waals surface area contributed by atoms with E-state index in [1.165, 1.54) is 0 Å². The van der Waals surface area contributed by atoms with E-state index in [2.05, 4.69) is 0 Å². The van der Waals surface area contributed by atoms with Gasteiger partial charge in [0.1, 0.15) is 0 Å². The summed E-state index contributed by atoms with van der Waals surface area (Å²) in [6.45, 7) is 0. The molecule has 1 N–H and O–H groups in total. The van der Waals surface area contributed by atoms with Gasteiger partial charge in [-0.15, -0.1) is 0 Å². The third-order valence-electron chi connectivity index (χ3n) is 2.83. The second kappa shape index (κ2) is 6.57. The maximum atomic E-state index is 13.0. The van der Waals surface area contributed by atoms with Crippen LogP contribution in [0.4, 0.5) is 70.2 Å². The van der Waals surface area contributed by atoms with Crippen molar-refractivity contribution in [3.05, 3.63) is 11.9 Å². The normalized spacial score (nSPS) is 16.4. The Morgan fingerprint density at radius 1 is 0.607 bits per heavy atom. The summed E-state index contributed by atoms with van der Waals surface area (Å²) >= 11 is 0. The predicted octanol–water partition coefficient (Wildman–Crippen LogP) is 5.30. The van der Waals surface area contributed by atoms with Crippen molar-refractivity contribution in [2.75, 3.05) is 0 Å². The van der Waals surface area contributed by atoms with Crippen LogP contribution in [0.5, 0.6) is 0 Å². The molecule has 0 spiro atoms. The van der Waals surface area contributed by atoms with Crippen LogP contribution >= 0.6 is 0 Å². The number of carbonyl (C=O) groups is 1. The van der Waals surface area contributed by atoms with Crippen molar-refractivity contribution in [1.82, 2.24) is 0 Å². The lowest BCUT2D eigenvalue weighted by molar-refractivity contribution is -0.388. The number of halogens is 16. The van der Waals surface area contributed by atoms with Crippen LogP contribution in [0.15, 0.2) is 11.9 Å². The number of hydrogen-bond acceptors (Lipinski definition) is 1. The predicted molar refractivity (Wildman–Crippen MR) is 52.6 cm³/mol. The lowest BCUT2D eigenvalue weighted by Crippen LogP contribution is -2.61. The van der Waals surface area contributed by atoms with E-state index in [1.807, 2.05) is 0 Å². The summed E-state index contributed by atoms with van der Waals surface area (Å²) in [7, 11) is 0. The van der Waals surface area contributed by atoms with Crippen molar-refractivity contribution in [3.63, 3.8) is 0 Å². The fourth-order valence-corrected chi connectivity index (χ4v) is 1.21. The molecule has 166 valence electrons. The van der Waals surface area contributed by atoms with E-state index in [1.54, 1.807) is 0 Å². The van der Waals surface area contributed by atoms with Crippen molar-refractivity contribution >= 4 is 5.97 Å². The van der Waals surface area contributed by atoms with Crippen LogP contribution in [-0.2, 0) is 4.79 Å². The monoisotopic (exact) mass is 458 g/mol. The van der Waals surface area contributed by atoms with E-state index in [4.69, 9.17) is 5.11 Å². The number of aliphatic carboxylic acids is 1. The summed E-state index contributed by atoms with van der Waals surface area (Å²) in [5, 5.41) is 7.68. The van der Waals surface area contributed by atoms with Crippen molar-refractivity contribution in [2.45, 2.75) is 41.7 Å². The third kappa shape index (κ3) is 3.56. The Kier molecular flexibility index (Phi) is 6.12. The van der Waals surface area contributed by atoms with Gasteiger partial charge >= 0.3 is 47.7 Å². The van der Waals surface area contributed by atoms with E-state index in [9.17, 15) is 75.0 Å². The van der Waals surface area contributed by atoms with Gasteiger partial charge in [-0.3, -0.25) is 0 Å². The summed E-state index contributed by atoms with van der Waals surface area (Å²) in [6.07, 6.45) is -10.4. The number of rotatable bonds is 7. The largest absolute Gasteiger partial charge is 0.477 e. The molecule has 0 bridgehead atoms. The van der Waals surface area contributed by atoms with E-state index < -0.39 is 59.6 Å². The van der Waals surface area contributed by atoms with Crippen LogP contribution in [0.1, 0.15) is 0 Å². The average Bonchev–Trinajstić information content (AvgIpc) is 2.44. The Morgan fingerprint density at radius 2 is 0.964 bits per heavy atom. The first kappa shape index (κ1) is 26.1. The Morgan fingerprint density at radius 3 is 1.25 bits per heavy atom. The van der Waals surface area contributed by atoms with E-state index in [0.717, 1.165) is 0 Å². The smallest absolute Gasteiger partial charge is 0.460 e. The molecule has 0 aromatic carbocycles. The zero-order valence-electron chi connectivity index (χ0n) is 12.0. The van der Waals surface area contributed by atoms with Gasteiger partial charge < -0.3 is 5.11 Å². The molecule has 0 amide bonds. The van der Waals surface area contributed by atoms with Crippen LogP contribution < -0.4 is 0 Å². The van der Waals surface area contributed by atoms with Gasteiger partial charge in [0.05, 0.1) is 0 Å². The molecule has 0 heterocycles. The number of hydrogen-bond donors (Lipinski definition) is 1. The van der Waals surface area contributed by atoms with Crippen LogP contribution in [0.2, 0.25) is 0 Å². The summed E-state index contributed by atoms with van der Waals surface area (Å²) in [6, 6.07) is 0. The Balaban J connectivity index is 6.43. The van der Waals surface area contributed by atoms with Gasteiger partial charge in [-0.2, -0.15) is 65.9 Å².